The van der Waals surface area contributed by atoms with Crippen molar-refractivity contribution in [2.24, 2.45) is 0 Å². The molecule has 15 heavy (non-hydrogen) atoms. The Labute approximate surface area is 94.5 Å². The molecule has 1 aromatic rings. The van der Waals surface area contributed by atoms with Crippen molar-refractivity contribution in [3.63, 3.8) is 0 Å². The summed E-state index contributed by atoms with van der Waals surface area (Å²) in [5, 5.41) is 18.1. The molecule has 0 aliphatic carbocycles. The van der Waals surface area contributed by atoms with Gasteiger partial charge in [-0.3, -0.25) is 4.90 Å². The second kappa shape index (κ2) is 4.66. The molecule has 2 N–H and O–H groups in total. The van der Waals surface area contributed by atoms with Gasteiger partial charge in [0.1, 0.15) is 0 Å². The minimum absolute atomic E-state index is 0.407. The molecule has 3 nitrogen and oxygen atoms in total. The topological polar surface area (TPSA) is 43.7 Å². The van der Waals surface area contributed by atoms with E-state index in [9.17, 15) is 0 Å². The van der Waals surface area contributed by atoms with Crippen LogP contribution in [0.25, 0.3) is 0 Å². The van der Waals surface area contributed by atoms with Gasteiger partial charge in [-0.05, 0) is 38.9 Å². The van der Waals surface area contributed by atoms with Crippen molar-refractivity contribution < 1.29 is 10.0 Å². The molecule has 1 aliphatic rings. The molecule has 0 spiro atoms. The fourth-order valence-corrected chi connectivity index (χ4v) is 3.01. The lowest BCUT2D eigenvalue weighted by Gasteiger charge is -2.22. The zero-order valence-electron chi connectivity index (χ0n) is 8.89. The first-order valence-corrected chi connectivity index (χ1v) is 6.20. The van der Waals surface area contributed by atoms with E-state index in [1.807, 2.05) is 6.07 Å². The highest BCUT2D eigenvalue weighted by Crippen LogP contribution is 2.26. The molecule has 82 valence electrons. The average molecular weight is 225 g/mol. The van der Waals surface area contributed by atoms with E-state index in [1.54, 1.807) is 6.07 Å². The molecule has 1 aliphatic heterocycles. The van der Waals surface area contributed by atoms with Gasteiger partial charge in [0, 0.05) is 15.7 Å². The standard InChI is InChI=1S/C10H16BNO2S/c1-8(12-6-2-3-7-12)9-4-5-10(15-9)11(13)14/h4-5,8,13-14H,2-3,6-7H2,1H3/t8-/m1/s1. The molecule has 0 bridgehead atoms. The largest absolute Gasteiger partial charge is 0.499 e. The van der Waals surface area contributed by atoms with Gasteiger partial charge in [-0.25, -0.2) is 0 Å². The summed E-state index contributed by atoms with van der Waals surface area (Å²) in [5.41, 5.74) is 0. The summed E-state index contributed by atoms with van der Waals surface area (Å²) in [4.78, 5) is 3.67. The minimum Gasteiger partial charge on any atom is -0.423 e. The molecule has 1 saturated heterocycles. The number of nitrogens with zero attached hydrogens (tertiary/aromatic N) is 1. The predicted octanol–water partition coefficient (Wildman–Crippen LogP) is 0.585. The zero-order valence-corrected chi connectivity index (χ0v) is 9.70. The van der Waals surface area contributed by atoms with Gasteiger partial charge in [-0.1, -0.05) is 6.07 Å². The Balaban J connectivity index is 2.07. The highest BCUT2D eigenvalue weighted by Gasteiger charge is 2.22. The van der Waals surface area contributed by atoms with E-state index >= 15 is 0 Å². The van der Waals surface area contributed by atoms with Gasteiger partial charge in [0.25, 0.3) is 0 Å². The van der Waals surface area contributed by atoms with Crippen LogP contribution in [-0.2, 0) is 0 Å². The van der Waals surface area contributed by atoms with Crippen molar-refractivity contribution in [2.45, 2.75) is 25.8 Å². The molecule has 0 radical (unpaired) electrons. The van der Waals surface area contributed by atoms with Crippen molar-refractivity contribution in [2.75, 3.05) is 13.1 Å². The SMILES string of the molecule is C[C@H](c1ccc(B(O)O)s1)N1CCCC1. The minimum atomic E-state index is -1.32. The smallest absolute Gasteiger partial charge is 0.423 e. The number of rotatable bonds is 3. The summed E-state index contributed by atoms with van der Waals surface area (Å²) in [7, 11) is -1.32. The van der Waals surface area contributed by atoms with E-state index in [1.165, 1.54) is 29.1 Å². The highest BCUT2D eigenvalue weighted by molar-refractivity contribution is 7.22. The summed E-state index contributed by atoms with van der Waals surface area (Å²) in [6.07, 6.45) is 2.57. The Morgan fingerprint density at radius 3 is 2.53 bits per heavy atom. The summed E-state index contributed by atoms with van der Waals surface area (Å²) in [6, 6.07) is 4.21. The lowest BCUT2D eigenvalue weighted by Crippen LogP contribution is -2.26. The fraction of sp³-hybridized carbons (Fsp3) is 0.600. The second-order valence-electron chi connectivity index (χ2n) is 4.03. The van der Waals surface area contributed by atoms with Crippen LogP contribution < -0.4 is 4.78 Å². The van der Waals surface area contributed by atoms with E-state index in [-0.39, 0.29) is 0 Å². The molecular weight excluding hydrogens is 209 g/mol. The van der Waals surface area contributed by atoms with E-state index in [0.29, 0.717) is 10.8 Å². The van der Waals surface area contributed by atoms with Crippen LogP contribution in [-0.4, -0.2) is 35.2 Å². The third-order valence-electron chi connectivity index (χ3n) is 3.00. The maximum absolute atomic E-state index is 9.04. The Morgan fingerprint density at radius 2 is 2.00 bits per heavy atom. The van der Waals surface area contributed by atoms with E-state index in [2.05, 4.69) is 11.8 Å². The first-order chi connectivity index (χ1) is 7.18. The molecule has 0 unspecified atom stereocenters. The molecule has 1 fully saturated rings. The third-order valence-corrected chi connectivity index (χ3v) is 4.30. The lowest BCUT2D eigenvalue weighted by atomic mass is 9.90. The molecule has 2 heterocycles. The van der Waals surface area contributed by atoms with Crippen LogP contribution in [0.2, 0.25) is 0 Å². The first-order valence-electron chi connectivity index (χ1n) is 5.38. The molecule has 5 heteroatoms. The predicted molar refractivity (Wildman–Crippen MR) is 63.4 cm³/mol. The average Bonchev–Trinajstić information content (AvgIpc) is 2.88. The van der Waals surface area contributed by atoms with Crippen molar-refractivity contribution in [3.8, 4) is 0 Å². The van der Waals surface area contributed by atoms with E-state index in [4.69, 9.17) is 10.0 Å². The van der Waals surface area contributed by atoms with E-state index in [0.717, 1.165) is 13.1 Å². The second-order valence-corrected chi connectivity index (χ2v) is 5.18. The number of likely N-dealkylation sites (tertiary alicyclic amines) is 1. The molecule has 0 saturated carbocycles. The zero-order chi connectivity index (χ0) is 10.8. The van der Waals surface area contributed by atoms with Crippen LogP contribution in [0.1, 0.15) is 30.7 Å². The number of thiophene rings is 1. The van der Waals surface area contributed by atoms with E-state index < -0.39 is 7.12 Å². The molecule has 1 atom stereocenters. The Kier molecular flexibility index (Phi) is 3.46. The summed E-state index contributed by atoms with van der Waals surface area (Å²) < 4.78 is 0.635. The lowest BCUT2D eigenvalue weighted by molar-refractivity contribution is 0.267. The third kappa shape index (κ3) is 2.42. The van der Waals surface area contributed by atoms with Crippen molar-refractivity contribution in [3.05, 3.63) is 17.0 Å². The molecule has 2 rings (SSSR count). The number of hydrogen-bond acceptors (Lipinski definition) is 4. The van der Waals surface area contributed by atoms with Gasteiger partial charge in [0.15, 0.2) is 0 Å². The monoisotopic (exact) mass is 225 g/mol. The Bertz CT molecular complexity index is 323. The summed E-state index contributed by atoms with van der Waals surface area (Å²) >= 11 is 1.49. The summed E-state index contributed by atoms with van der Waals surface area (Å²) in [6.45, 7) is 4.51. The van der Waals surface area contributed by atoms with Crippen LogP contribution >= 0.6 is 11.3 Å². The van der Waals surface area contributed by atoms with Crippen LogP contribution in [0.15, 0.2) is 12.1 Å². The maximum Gasteiger partial charge on any atom is 0.499 e. The Hall–Kier alpha value is -0.355. The normalized spacial score (nSPS) is 19.4. The quantitative estimate of drug-likeness (QED) is 0.740. The van der Waals surface area contributed by atoms with Crippen LogP contribution in [0.3, 0.4) is 0 Å². The van der Waals surface area contributed by atoms with Crippen molar-refractivity contribution >= 4 is 23.2 Å². The highest BCUT2D eigenvalue weighted by atomic mass is 32.1. The van der Waals surface area contributed by atoms with Crippen LogP contribution in [0.5, 0.6) is 0 Å². The van der Waals surface area contributed by atoms with Gasteiger partial charge in [0.05, 0.1) is 0 Å². The van der Waals surface area contributed by atoms with Crippen molar-refractivity contribution in [1.29, 1.82) is 0 Å². The van der Waals surface area contributed by atoms with Gasteiger partial charge >= 0.3 is 7.12 Å². The van der Waals surface area contributed by atoms with Gasteiger partial charge in [-0.2, -0.15) is 0 Å². The van der Waals surface area contributed by atoms with Gasteiger partial charge < -0.3 is 10.0 Å². The first kappa shape index (κ1) is 11.1. The van der Waals surface area contributed by atoms with Crippen LogP contribution in [0, 0.1) is 0 Å². The van der Waals surface area contributed by atoms with Crippen molar-refractivity contribution in [1.82, 2.24) is 4.90 Å². The molecule has 1 aromatic heterocycles. The van der Waals surface area contributed by atoms with Crippen LogP contribution in [0.4, 0.5) is 0 Å². The van der Waals surface area contributed by atoms with Gasteiger partial charge in [-0.15, -0.1) is 11.3 Å². The number of hydrogen-bond donors (Lipinski definition) is 2. The maximum atomic E-state index is 9.04. The summed E-state index contributed by atoms with van der Waals surface area (Å²) in [5.74, 6) is 0. The van der Waals surface area contributed by atoms with Gasteiger partial charge in [0.2, 0.25) is 0 Å². The fourth-order valence-electron chi connectivity index (χ4n) is 2.04. The Morgan fingerprint density at radius 1 is 1.33 bits per heavy atom. The molecular formula is C10H16BNO2S. The molecule has 0 aromatic carbocycles. The molecule has 0 amide bonds.